The highest BCUT2D eigenvalue weighted by Crippen LogP contribution is 2.34. The second-order valence-electron chi connectivity index (χ2n) is 7.72. The van der Waals surface area contributed by atoms with Gasteiger partial charge in [-0.3, -0.25) is 14.6 Å². The number of alkyl halides is 3. The number of piperidine rings is 1. The van der Waals surface area contributed by atoms with E-state index < -0.39 is 11.7 Å². The first kappa shape index (κ1) is 19.6. The first-order valence-electron chi connectivity index (χ1n) is 9.72. The second kappa shape index (κ2) is 7.63. The highest BCUT2D eigenvalue weighted by Gasteiger charge is 2.35. The Morgan fingerprint density at radius 3 is 2.69 bits per heavy atom. The van der Waals surface area contributed by atoms with E-state index in [1.165, 1.54) is 18.6 Å². The summed E-state index contributed by atoms with van der Waals surface area (Å²) in [5.41, 5.74) is 0.926. The topological polar surface area (TPSA) is 35.9 Å². The Labute approximate surface area is 167 Å². The molecule has 0 unspecified atom stereocenters. The number of para-hydroxylation sites is 1. The first-order chi connectivity index (χ1) is 13.8. The van der Waals surface area contributed by atoms with Gasteiger partial charge in [-0.05, 0) is 49.6 Å². The van der Waals surface area contributed by atoms with E-state index in [0.717, 1.165) is 37.3 Å². The van der Waals surface area contributed by atoms with Crippen LogP contribution in [0.5, 0.6) is 0 Å². The van der Waals surface area contributed by atoms with E-state index in [2.05, 4.69) is 16.8 Å². The van der Waals surface area contributed by atoms with Crippen molar-refractivity contribution in [3.8, 4) is 0 Å². The minimum atomic E-state index is -4.45. The van der Waals surface area contributed by atoms with E-state index in [0.29, 0.717) is 18.2 Å². The Morgan fingerprint density at radius 2 is 1.93 bits per heavy atom. The fourth-order valence-electron chi connectivity index (χ4n) is 4.01. The molecule has 1 saturated heterocycles. The lowest BCUT2D eigenvalue weighted by Crippen LogP contribution is -2.45. The smallest absolute Gasteiger partial charge is 0.293 e. The van der Waals surface area contributed by atoms with Crippen LogP contribution in [0.15, 0.2) is 53.5 Å². The van der Waals surface area contributed by atoms with Crippen molar-refractivity contribution in [3.63, 3.8) is 0 Å². The highest BCUT2D eigenvalue weighted by molar-refractivity contribution is 6.54. The van der Waals surface area contributed by atoms with Crippen molar-refractivity contribution in [2.45, 2.75) is 25.9 Å². The summed E-state index contributed by atoms with van der Waals surface area (Å²) in [6.45, 7) is 4.51. The van der Waals surface area contributed by atoms with Crippen LogP contribution in [-0.2, 0) is 11.0 Å². The number of halogens is 3. The normalized spacial score (nSPS) is 21.7. The maximum absolute atomic E-state index is 13.2. The molecule has 4 rings (SSSR count). The molecule has 0 spiro atoms. The third-order valence-electron chi connectivity index (χ3n) is 5.39. The quantitative estimate of drug-likeness (QED) is 0.736. The SMILES string of the molecule is C[C@@H]1CCCN(CN2C(=O)C(=Nc3cccc(C(F)(F)F)c3)c3ccccc32)C1. The summed E-state index contributed by atoms with van der Waals surface area (Å²) in [5, 5.41) is 0. The molecular formula is C22H22F3N3O. The monoisotopic (exact) mass is 401 g/mol. The lowest BCUT2D eigenvalue weighted by Gasteiger charge is -2.33. The molecule has 1 atom stereocenters. The van der Waals surface area contributed by atoms with Gasteiger partial charge in [-0.2, -0.15) is 13.2 Å². The standard InChI is InChI=1S/C22H22F3N3O/c1-15-6-5-11-27(13-15)14-28-19-10-3-2-9-18(19)20(21(28)29)26-17-8-4-7-16(12-17)22(23,24)25/h2-4,7-10,12,15H,5-6,11,13-14H2,1H3/t15-/m1/s1. The molecule has 0 aromatic heterocycles. The average Bonchev–Trinajstić information content (AvgIpc) is 2.94. The van der Waals surface area contributed by atoms with Gasteiger partial charge >= 0.3 is 6.18 Å². The molecule has 29 heavy (non-hydrogen) atoms. The van der Waals surface area contributed by atoms with Gasteiger partial charge in [0.05, 0.1) is 23.6 Å². The predicted octanol–water partition coefficient (Wildman–Crippen LogP) is 4.86. The summed E-state index contributed by atoms with van der Waals surface area (Å²) >= 11 is 0. The molecule has 0 bridgehead atoms. The predicted molar refractivity (Wildman–Crippen MR) is 106 cm³/mol. The van der Waals surface area contributed by atoms with Crippen molar-refractivity contribution in [2.24, 2.45) is 10.9 Å². The Kier molecular flexibility index (Phi) is 5.17. The van der Waals surface area contributed by atoms with Gasteiger partial charge in [0.15, 0.2) is 0 Å². The van der Waals surface area contributed by atoms with Gasteiger partial charge in [0.25, 0.3) is 5.91 Å². The maximum Gasteiger partial charge on any atom is 0.416 e. The Hall–Kier alpha value is -2.67. The van der Waals surface area contributed by atoms with Gasteiger partial charge in [-0.1, -0.05) is 31.2 Å². The fourth-order valence-corrected chi connectivity index (χ4v) is 4.01. The summed E-state index contributed by atoms with van der Waals surface area (Å²) < 4.78 is 39.1. The fraction of sp³-hybridized carbons (Fsp3) is 0.364. The molecule has 7 heteroatoms. The minimum Gasteiger partial charge on any atom is -0.293 e. The Morgan fingerprint density at radius 1 is 1.14 bits per heavy atom. The number of amides is 1. The zero-order valence-corrected chi connectivity index (χ0v) is 16.1. The molecule has 0 radical (unpaired) electrons. The minimum absolute atomic E-state index is 0.117. The van der Waals surface area contributed by atoms with E-state index in [1.54, 1.807) is 17.0 Å². The maximum atomic E-state index is 13.2. The van der Waals surface area contributed by atoms with Gasteiger partial charge in [0.1, 0.15) is 5.71 Å². The van der Waals surface area contributed by atoms with Crippen LogP contribution >= 0.6 is 0 Å². The molecule has 1 amide bonds. The van der Waals surface area contributed by atoms with E-state index in [9.17, 15) is 18.0 Å². The molecular weight excluding hydrogens is 379 g/mol. The number of carbonyl (C=O) groups is 1. The molecule has 2 aromatic carbocycles. The van der Waals surface area contributed by atoms with Crippen LogP contribution in [-0.4, -0.2) is 36.3 Å². The lowest BCUT2D eigenvalue weighted by molar-refractivity contribution is -0.137. The van der Waals surface area contributed by atoms with E-state index in [-0.39, 0.29) is 17.3 Å². The van der Waals surface area contributed by atoms with E-state index in [1.807, 2.05) is 12.1 Å². The van der Waals surface area contributed by atoms with Gasteiger partial charge in [0.2, 0.25) is 0 Å². The van der Waals surface area contributed by atoms with Gasteiger partial charge in [0, 0.05) is 12.1 Å². The van der Waals surface area contributed by atoms with Crippen LogP contribution in [0.3, 0.4) is 0 Å². The number of anilines is 1. The molecule has 152 valence electrons. The van der Waals surface area contributed by atoms with Crippen LogP contribution < -0.4 is 4.90 Å². The number of benzene rings is 2. The number of aliphatic imine (C=N–C) groups is 1. The van der Waals surface area contributed by atoms with Crippen molar-refractivity contribution >= 4 is 23.0 Å². The summed E-state index contributed by atoms with van der Waals surface area (Å²) in [6, 6.07) is 12.1. The summed E-state index contributed by atoms with van der Waals surface area (Å²) in [7, 11) is 0. The summed E-state index contributed by atoms with van der Waals surface area (Å²) in [4.78, 5) is 21.4. The summed E-state index contributed by atoms with van der Waals surface area (Å²) in [5.74, 6) is 0.303. The van der Waals surface area contributed by atoms with Crippen LogP contribution in [0.1, 0.15) is 30.9 Å². The Bertz CT molecular complexity index is 954. The van der Waals surface area contributed by atoms with E-state index >= 15 is 0 Å². The molecule has 0 saturated carbocycles. The highest BCUT2D eigenvalue weighted by atomic mass is 19.4. The number of hydrogen-bond donors (Lipinski definition) is 0. The molecule has 4 nitrogen and oxygen atoms in total. The third-order valence-corrected chi connectivity index (χ3v) is 5.39. The number of likely N-dealkylation sites (tertiary alicyclic amines) is 1. The van der Waals surface area contributed by atoms with Crippen molar-refractivity contribution in [1.29, 1.82) is 0 Å². The molecule has 0 N–H and O–H groups in total. The second-order valence-corrected chi connectivity index (χ2v) is 7.72. The number of carbonyl (C=O) groups excluding carboxylic acids is 1. The lowest BCUT2D eigenvalue weighted by atomic mass is 10.0. The van der Waals surface area contributed by atoms with Gasteiger partial charge in [-0.15, -0.1) is 0 Å². The average molecular weight is 401 g/mol. The number of fused-ring (bicyclic) bond motifs is 1. The number of nitrogens with zero attached hydrogens (tertiary/aromatic N) is 3. The van der Waals surface area contributed by atoms with Crippen LogP contribution in [0, 0.1) is 5.92 Å². The van der Waals surface area contributed by atoms with Crippen molar-refractivity contribution < 1.29 is 18.0 Å². The molecule has 2 aliphatic rings. The van der Waals surface area contributed by atoms with Gasteiger partial charge < -0.3 is 0 Å². The number of rotatable bonds is 3. The molecule has 0 aliphatic carbocycles. The Balaban J connectivity index is 1.67. The molecule has 2 heterocycles. The van der Waals surface area contributed by atoms with Gasteiger partial charge in [-0.25, -0.2) is 4.99 Å². The first-order valence-corrected chi connectivity index (χ1v) is 9.72. The van der Waals surface area contributed by atoms with Crippen LogP contribution in [0.4, 0.5) is 24.5 Å². The van der Waals surface area contributed by atoms with Crippen LogP contribution in [0.25, 0.3) is 0 Å². The summed E-state index contributed by atoms with van der Waals surface area (Å²) in [6.07, 6.45) is -2.18. The molecule has 2 aromatic rings. The zero-order chi connectivity index (χ0) is 20.6. The number of hydrogen-bond acceptors (Lipinski definition) is 3. The molecule has 2 aliphatic heterocycles. The molecule has 1 fully saturated rings. The third kappa shape index (κ3) is 4.05. The van der Waals surface area contributed by atoms with Crippen molar-refractivity contribution in [3.05, 3.63) is 59.7 Å². The van der Waals surface area contributed by atoms with Crippen molar-refractivity contribution in [2.75, 3.05) is 24.7 Å². The zero-order valence-electron chi connectivity index (χ0n) is 16.1. The van der Waals surface area contributed by atoms with Crippen LogP contribution in [0.2, 0.25) is 0 Å². The largest absolute Gasteiger partial charge is 0.416 e. The van der Waals surface area contributed by atoms with Crippen molar-refractivity contribution in [1.82, 2.24) is 4.90 Å². The van der Waals surface area contributed by atoms with E-state index in [4.69, 9.17) is 0 Å².